The fourth-order valence-electron chi connectivity index (χ4n) is 2.31. The molecule has 2 rings (SSSR count). The van der Waals surface area contributed by atoms with Gasteiger partial charge in [0.1, 0.15) is 5.69 Å². The Balaban J connectivity index is 1.86. The molecule has 0 aliphatic rings. The first-order valence-corrected chi connectivity index (χ1v) is 7.23. The first-order valence-electron chi connectivity index (χ1n) is 7.23. The normalized spacial score (nSPS) is 11.0. The zero-order valence-corrected chi connectivity index (χ0v) is 12.8. The van der Waals surface area contributed by atoms with Gasteiger partial charge < -0.3 is 15.6 Å². The summed E-state index contributed by atoms with van der Waals surface area (Å²) in [6.45, 7) is 6.68. The SMILES string of the molecule is Cc1[nH]ncc1CCCNC(=O)c1cc(N)cn1C(C)C. The largest absolute Gasteiger partial charge is 0.397 e. The van der Waals surface area contributed by atoms with Crippen LogP contribution in [0.2, 0.25) is 0 Å². The number of anilines is 1. The van der Waals surface area contributed by atoms with Crippen LogP contribution < -0.4 is 11.1 Å². The van der Waals surface area contributed by atoms with E-state index in [0.717, 1.165) is 18.5 Å². The number of aromatic nitrogens is 3. The molecule has 0 aliphatic carbocycles. The van der Waals surface area contributed by atoms with Crippen LogP contribution >= 0.6 is 0 Å². The third-order valence-corrected chi connectivity index (χ3v) is 3.50. The molecule has 2 heterocycles. The Bertz CT molecular complexity index is 611. The van der Waals surface area contributed by atoms with Crippen molar-refractivity contribution in [3.8, 4) is 0 Å². The smallest absolute Gasteiger partial charge is 0.267 e. The van der Waals surface area contributed by atoms with Crippen LogP contribution in [0, 0.1) is 6.92 Å². The van der Waals surface area contributed by atoms with Crippen molar-refractivity contribution < 1.29 is 4.79 Å². The number of hydrogen-bond donors (Lipinski definition) is 3. The highest BCUT2D eigenvalue weighted by Crippen LogP contribution is 2.16. The second-order valence-corrected chi connectivity index (χ2v) is 5.54. The summed E-state index contributed by atoms with van der Waals surface area (Å²) in [7, 11) is 0. The minimum absolute atomic E-state index is 0.0793. The fourth-order valence-corrected chi connectivity index (χ4v) is 2.31. The molecule has 6 nitrogen and oxygen atoms in total. The van der Waals surface area contributed by atoms with Crippen molar-refractivity contribution in [2.45, 2.75) is 39.7 Å². The van der Waals surface area contributed by atoms with E-state index < -0.39 is 0 Å². The lowest BCUT2D eigenvalue weighted by molar-refractivity contribution is 0.0942. The van der Waals surface area contributed by atoms with E-state index in [1.54, 1.807) is 12.3 Å². The van der Waals surface area contributed by atoms with Crippen LogP contribution in [0.5, 0.6) is 0 Å². The van der Waals surface area contributed by atoms with Gasteiger partial charge in [-0.1, -0.05) is 0 Å². The summed E-state index contributed by atoms with van der Waals surface area (Å²) in [6.07, 6.45) is 5.41. The van der Waals surface area contributed by atoms with Crippen molar-refractivity contribution >= 4 is 11.6 Å². The molecule has 21 heavy (non-hydrogen) atoms. The monoisotopic (exact) mass is 289 g/mol. The van der Waals surface area contributed by atoms with Crippen LogP contribution in [0.1, 0.15) is 48.1 Å². The lowest BCUT2D eigenvalue weighted by Crippen LogP contribution is -2.27. The molecule has 0 unspecified atom stereocenters. The Morgan fingerprint density at radius 3 is 2.90 bits per heavy atom. The first kappa shape index (κ1) is 15.2. The predicted octanol–water partition coefficient (Wildman–Crippen LogP) is 2.05. The molecule has 1 amide bonds. The van der Waals surface area contributed by atoms with Crippen LogP contribution in [0.4, 0.5) is 5.69 Å². The van der Waals surface area contributed by atoms with Crippen LogP contribution in [-0.4, -0.2) is 27.2 Å². The van der Waals surface area contributed by atoms with Crippen molar-refractivity contribution in [1.29, 1.82) is 0 Å². The number of nitrogens with one attached hydrogen (secondary N) is 2. The van der Waals surface area contributed by atoms with Crippen LogP contribution in [0.25, 0.3) is 0 Å². The summed E-state index contributed by atoms with van der Waals surface area (Å²) < 4.78 is 1.89. The molecular weight excluding hydrogens is 266 g/mol. The minimum atomic E-state index is -0.0793. The topological polar surface area (TPSA) is 88.7 Å². The van der Waals surface area contributed by atoms with E-state index >= 15 is 0 Å². The molecule has 0 saturated carbocycles. The highest BCUT2D eigenvalue weighted by atomic mass is 16.1. The number of carbonyl (C=O) groups is 1. The molecule has 0 bridgehead atoms. The predicted molar refractivity (Wildman–Crippen MR) is 83.2 cm³/mol. The standard InChI is InChI=1S/C15H23N5O/c1-10(2)20-9-13(16)7-14(20)15(21)17-6-4-5-12-8-18-19-11(12)3/h7-10H,4-6,16H2,1-3H3,(H,17,21)(H,18,19). The van der Waals surface area contributed by atoms with Gasteiger partial charge in [-0.05, 0) is 45.2 Å². The number of carbonyl (C=O) groups excluding carboxylic acids is 1. The number of amides is 1. The molecule has 0 radical (unpaired) electrons. The molecule has 0 spiro atoms. The second-order valence-electron chi connectivity index (χ2n) is 5.54. The van der Waals surface area contributed by atoms with Crippen LogP contribution in [-0.2, 0) is 6.42 Å². The summed E-state index contributed by atoms with van der Waals surface area (Å²) in [5.41, 5.74) is 9.29. The summed E-state index contributed by atoms with van der Waals surface area (Å²) in [5.74, 6) is -0.0793. The van der Waals surface area contributed by atoms with Gasteiger partial charge in [0, 0.05) is 24.5 Å². The Hall–Kier alpha value is -2.24. The Morgan fingerprint density at radius 1 is 1.52 bits per heavy atom. The molecule has 2 aromatic rings. The van der Waals surface area contributed by atoms with Gasteiger partial charge in [-0.3, -0.25) is 9.89 Å². The maximum Gasteiger partial charge on any atom is 0.267 e. The lowest BCUT2D eigenvalue weighted by Gasteiger charge is -2.12. The van der Waals surface area contributed by atoms with Gasteiger partial charge in [-0.2, -0.15) is 5.10 Å². The number of nitrogens with two attached hydrogens (primary N) is 1. The summed E-state index contributed by atoms with van der Waals surface area (Å²) in [6, 6.07) is 1.92. The Kier molecular flexibility index (Phi) is 4.67. The molecular formula is C15H23N5O. The van der Waals surface area contributed by atoms with Gasteiger partial charge in [0.2, 0.25) is 0 Å². The van der Waals surface area contributed by atoms with Crippen molar-refractivity contribution in [2.24, 2.45) is 0 Å². The zero-order chi connectivity index (χ0) is 15.4. The number of aromatic amines is 1. The van der Waals surface area contributed by atoms with Crippen molar-refractivity contribution in [1.82, 2.24) is 20.1 Å². The van der Waals surface area contributed by atoms with Gasteiger partial charge >= 0.3 is 0 Å². The van der Waals surface area contributed by atoms with E-state index in [1.165, 1.54) is 5.56 Å². The van der Waals surface area contributed by atoms with Gasteiger partial charge in [0.25, 0.3) is 5.91 Å². The molecule has 0 fully saturated rings. The van der Waals surface area contributed by atoms with Gasteiger partial charge in [-0.25, -0.2) is 0 Å². The number of rotatable bonds is 6. The summed E-state index contributed by atoms with van der Waals surface area (Å²) >= 11 is 0. The maximum atomic E-state index is 12.2. The number of aryl methyl sites for hydroxylation is 2. The van der Waals surface area contributed by atoms with Crippen molar-refractivity contribution in [3.63, 3.8) is 0 Å². The summed E-state index contributed by atoms with van der Waals surface area (Å²) in [5, 5.41) is 9.84. The maximum absolute atomic E-state index is 12.2. The van der Waals surface area contributed by atoms with E-state index in [4.69, 9.17) is 5.73 Å². The van der Waals surface area contributed by atoms with E-state index in [9.17, 15) is 4.79 Å². The third kappa shape index (κ3) is 3.65. The zero-order valence-electron chi connectivity index (χ0n) is 12.8. The molecule has 2 aromatic heterocycles. The minimum Gasteiger partial charge on any atom is -0.397 e. The highest BCUT2D eigenvalue weighted by molar-refractivity contribution is 5.93. The lowest BCUT2D eigenvalue weighted by atomic mass is 10.1. The molecule has 0 atom stereocenters. The average molecular weight is 289 g/mol. The van der Waals surface area contributed by atoms with Crippen LogP contribution in [0.3, 0.4) is 0 Å². The molecule has 0 aliphatic heterocycles. The van der Waals surface area contributed by atoms with E-state index in [2.05, 4.69) is 15.5 Å². The second kappa shape index (κ2) is 6.47. The number of nitrogens with zero attached hydrogens (tertiary/aromatic N) is 2. The summed E-state index contributed by atoms with van der Waals surface area (Å²) in [4.78, 5) is 12.2. The highest BCUT2D eigenvalue weighted by Gasteiger charge is 2.14. The van der Waals surface area contributed by atoms with E-state index in [1.807, 2.05) is 31.5 Å². The van der Waals surface area contributed by atoms with E-state index in [-0.39, 0.29) is 11.9 Å². The van der Waals surface area contributed by atoms with Crippen LogP contribution in [0.15, 0.2) is 18.5 Å². The fraction of sp³-hybridized carbons (Fsp3) is 0.467. The quantitative estimate of drug-likeness (QED) is 0.711. The van der Waals surface area contributed by atoms with Gasteiger partial charge in [0.15, 0.2) is 0 Å². The molecule has 114 valence electrons. The number of H-pyrrole nitrogens is 1. The third-order valence-electron chi connectivity index (χ3n) is 3.50. The molecule has 6 heteroatoms. The molecule has 4 N–H and O–H groups in total. The first-order chi connectivity index (χ1) is 9.99. The number of nitrogen functional groups attached to an aromatic ring is 1. The van der Waals surface area contributed by atoms with Gasteiger partial charge in [0.05, 0.1) is 11.9 Å². The Morgan fingerprint density at radius 2 is 2.29 bits per heavy atom. The molecule has 0 aromatic carbocycles. The number of hydrogen-bond acceptors (Lipinski definition) is 3. The average Bonchev–Trinajstić information content (AvgIpc) is 3.01. The molecule has 0 saturated heterocycles. The van der Waals surface area contributed by atoms with Gasteiger partial charge in [-0.15, -0.1) is 0 Å². The van der Waals surface area contributed by atoms with E-state index in [0.29, 0.717) is 17.9 Å². The Labute approximate surface area is 124 Å². The van der Waals surface area contributed by atoms with Crippen molar-refractivity contribution in [2.75, 3.05) is 12.3 Å². The van der Waals surface area contributed by atoms with Crippen molar-refractivity contribution in [3.05, 3.63) is 35.4 Å².